The lowest BCUT2D eigenvalue weighted by atomic mass is 10.0. The third-order valence-corrected chi connectivity index (χ3v) is 2.58. The first-order valence-electron chi connectivity index (χ1n) is 4.92. The predicted molar refractivity (Wildman–Crippen MR) is 68.0 cm³/mol. The topological polar surface area (TPSA) is 55.2 Å². The van der Waals surface area contributed by atoms with Gasteiger partial charge in [0.15, 0.2) is 0 Å². The highest BCUT2D eigenvalue weighted by Crippen LogP contribution is 2.26. The molecule has 0 spiro atoms. The van der Waals surface area contributed by atoms with Crippen molar-refractivity contribution in [3.8, 4) is 11.1 Å². The highest BCUT2D eigenvalue weighted by Gasteiger charge is 2.07. The van der Waals surface area contributed by atoms with Crippen LogP contribution in [0.15, 0.2) is 48.5 Å². The van der Waals surface area contributed by atoms with Crippen LogP contribution in [-0.2, 0) is 0 Å². The highest BCUT2D eigenvalue weighted by molar-refractivity contribution is 6.24. The molecule has 1 N–H and O–H groups in total. The Morgan fingerprint density at radius 1 is 1.06 bits per heavy atom. The van der Waals surface area contributed by atoms with E-state index in [4.69, 9.17) is 11.8 Å². The maximum Gasteiger partial charge on any atom is 0.270 e. The first-order valence-corrected chi connectivity index (χ1v) is 5.30. The molecule has 0 aliphatic rings. The maximum absolute atomic E-state index is 10.7. The molecule has 86 valence electrons. The van der Waals surface area contributed by atoms with Crippen LogP contribution >= 0.6 is 11.8 Å². The molecule has 0 unspecified atom stereocenters. The molecular weight excluding hydrogens is 240 g/mol. The first-order chi connectivity index (χ1) is 8.20. The van der Waals surface area contributed by atoms with Gasteiger partial charge in [0.25, 0.3) is 5.69 Å². The van der Waals surface area contributed by atoms with Crippen molar-refractivity contribution < 1.29 is 4.92 Å². The molecule has 2 aromatic carbocycles. The number of benzene rings is 2. The lowest BCUT2D eigenvalue weighted by Gasteiger charge is -2.03. The van der Waals surface area contributed by atoms with Gasteiger partial charge in [-0.05, 0) is 23.3 Å². The van der Waals surface area contributed by atoms with Crippen LogP contribution in [-0.4, -0.2) is 4.92 Å². The van der Waals surface area contributed by atoms with E-state index in [0.29, 0.717) is 0 Å². The minimum atomic E-state index is -0.410. The van der Waals surface area contributed by atoms with E-state index in [1.165, 1.54) is 12.1 Å². The Bertz CT molecular complexity index is 558. The Morgan fingerprint density at radius 2 is 1.71 bits per heavy atom. The van der Waals surface area contributed by atoms with Crippen molar-refractivity contribution >= 4 is 23.2 Å². The summed E-state index contributed by atoms with van der Waals surface area (Å²) in [5.74, 6) is 0. The van der Waals surface area contributed by atoms with Gasteiger partial charge in [-0.3, -0.25) is 15.0 Å². The summed E-state index contributed by atoms with van der Waals surface area (Å²) < 4.78 is 0. The number of halogens is 1. The number of anilines is 1. The summed E-state index contributed by atoms with van der Waals surface area (Å²) in [6.07, 6.45) is 0. The van der Waals surface area contributed by atoms with Gasteiger partial charge in [0.1, 0.15) is 0 Å². The lowest BCUT2D eigenvalue weighted by Crippen LogP contribution is -1.88. The van der Waals surface area contributed by atoms with Crippen molar-refractivity contribution in [1.82, 2.24) is 0 Å². The maximum atomic E-state index is 10.7. The Labute approximate surface area is 103 Å². The summed E-state index contributed by atoms with van der Waals surface area (Å²) in [4.78, 5) is 12.8. The summed E-state index contributed by atoms with van der Waals surface area (Å²) in [5, 5.41) is 10.7. The third kappa shape index (κ3) is 2.54. The number of hydrogen-bond acceptors (Lipinski definition) is 3. The van der Waals surface area contributed by atoms with Crippen LogP contribution in [0.2, 0.25) is 0 Å². The summed E-state index contributed by atoms with van der Waals surface area (Å²) >= 11 is 5.51. The molecule has 0 bridgehead atoms. The molecule has 0 fully saturated rings. The van der Waals surface area contributed by atoms with Crippen molar-refractivity contribution in [2.24, 2.45) is 0 Å². The molecule has 2 aromatic rings. The molecule has 0 radical (unpaired) electrons. The van der Waals surface area contributed by atoms with E-state index in [1.54, 1.807) is 6.07 Å². The van der Waals surface area contributed by atoms with E-state index >= 15 is 0 Å². The van der Waals surface area contributed by atoms with Gasteiger partial charge in [0, 0.05) is 29.6 Å². The molecule has 0 amide bonds. The number of nitro benzene ring substituents is 1. The van der Waals surface area contributed by atoms with Crippen LogP contribution in [0.3, 0.4) is 0 Å². The normalized spacial score (nSPS) is 9.94. The van der Waals surface area contributed by atoms with Gasteiger partial charge in [0.05, 0.1) is 4.92 Å². The van der Waals surface area contributed by atoms with Crippen LogP contribution in [0.1, 0.15) is 0 Å². The monoisotopic (exact) mass is 248 g/mol. The largest absolute Gasteiger partial charge is 0.298 e. The van der Waals surface area contributed by atoms with Crippen molar-refractivity contribution in [2.75, 3.05) is 4.84 Å². The van der Waals surface area contributed by atoms with Gasteiger partial charge in [-0.2, -0.15) is 0 Å². The van der Waals surface area contributed by atoms with Gasteiger partial charge in [-0.25, -0.2) is 0 Å². The number of nitrogens with one attached hydrogen (secondary N) is 1. The van der Waals surface area contributed by atoms with Crippen molar-refractivity contribution in [3.05, 3.63) is 58.6 Å². The molecule has 0 heterocycles. The minimum Gasteiger partial charge on any atom is -0.298 e. The first kappa shape index (κ1) is 11.4. The molecule has 4 nitrogen and oxygen atoms in total. The second-order valence-corrected chi connectivity index (χ2v) is 3.67. The molecule has 5 heteroatoms. The number of rotatable bonds is 3. The van der Waals surface area contributed by atoms with Crippen LogP contribution in [0.5, 0.6) is 0 Å². The molecule has 0 aliphatic heterocycles. The van der Waals surface area contributed by atoms with Gasteiger partial charge < -0.3 is 0 Å². The summed E-state index contributed by atoms with van der Waals surface area (Å²) in [7, 11) is 0. The number of non-ortho nitro benzene ring substituents is 1. The molecule has 0 aliphatic carbocycles. The fraction of sp³-hybridized carbons (Fsp3) is 0. The average Bonchev–Trinajstić information content (AvgIpc) is 2.39. The SMILES string of the molecule is O=[N+]([O-])c1cccc(-c2cccc(NCl)c2)c1. The molecule has 0 atom stereocenters. The van der Waals surface area contributed by atoms with Crippen LogP contribution in [0.4, 0.5) is 11.4 Å². The van der Waals surface area contributed by atoms with Crippen molar-refractivity contribution in [2.45, 2.75) is 0 Å². The molecule has 0 aromatic heterocycles. The van der Waals surface area contributed by atoms with Crippen molar-refractivity contribution in [1.29, 1.82) is 0 Å². The van der Waals surface area contributed by atoms with Gasteiger partial charge >= 0.3 is 0 Å². The zero-order chi connectivity index (χ0) is 12.3. The summed E-state index contributed by atoms with van der Waals surface area (Å²) in [5.41, 5.74) is 2.48. The van der Waals surface area contributed by atoms with E-state index in [0.717, 1.165) is 16.8 Å². The van der Waals surface area contributed by atoms with Crippen molar-refractivity contribution in [3.63, 3.8) is 0 Å². The Kier molecular flexibility index (Phi) is 3.25. The predicted octanol–water partition coefficient (Wildman–Crippen LogP) is 3.83. The van der Waals surface area contributed by atoms with E-state index in [2.05, 4.69) is 4.84 Å². The number of nitrogens with zero attached hydrogens (tertiary/aromatic N) is 1. The summed E-state index contributed by atoms with van der Waals surface area (Å²) in [6, 6.07) is 13.8. The highest BCUT2D eigenvalue weighted by atomic mass is 35.5. The average molecular weight is 249 g/mol. The second-order valence-electron chi connectivity index (χ2n) is 3.48. The Hall–Kier alpha value is -2.07. The molecule has 17 heavy (non-hydrogen) atoms. The zero-order valence-electron chi connectivity index (χ0n) is 8.76. The minimum absolute atomic E-state index is 0.0757. The van der Waals surface area contributed by atoms with Gasteiger partial charge in [-0.1, -0.05) is 24.3 Å². The molecule has 0 saturated heterocycles. The molecular formula is C12H9ClN2O2. The zero-order valence-corrected chi connectivity index (χ0v) is 9.52. The molecule has 0 saturated carbocycles. The van der Waals surface area contributed by atoms with Gasteiger partial charge in [-0.15, -0.1) is 0 Å². The quantitative estimate of drug-likeness (QED) is 0.510. The number of hydrogen-bond donors (Lipinski definition) is 1. The van der Waals surface area contributed by atoms with E-state index in [1.807, 2.05) is 30.3 Å². The van der Waals surface area contributed by atoms with E-state index in [9.17, 15) is 10.1 Å². The van der Waals surface area contributed by atoms with E-state index in [-0.39, 0.29) is 5.69 Å². The van der Waals surface area contributed by atoms with Crippen LogP contribution in [0, 0.1) is 10.1 Å². The Morgan fingerprint density at radius 3 is 2.35 bits per heavy atom. The lowest BCUT2D eigenvalue weighted by molar-refractivity contribution is -0.384. The fourth-order valence-electron chi connectivity index (χ4n) is 1.56. The second kappa shape index (κ2) is 4.84. The summed E-state index contributed by atoms with van der Waals surface area (Å²) in [6.45, 7) is 0. The smallest absolute Gasteiger partial charge is 0.270 e. The fourth-order valence-corrected chi connectivity index (χ4v) is 1.67. The van der Waals surface area contributed by atoms with E-state index < -0.39 is 4.92 Å². The molecule has 2 rings (SSSR count). The number of nitro groups is 1. The third-order valence-electron chi connectivity index (χ3n) is 2.36. The van der Waals surface area contributed by atoms with Crippen LogP contribution in [0.25, 0.3) is 11.1 Å². The van der Waals surface area contributed by atoms with Crippen LogP contribution < -0.4 is 4.84 Å². The standard InChI is InChI=1S/C12H9ClN2O2/c13-14-11-5-1-3-9(7-11)10-4-2-6-12(8-10)15(16)17/h1-8,14H. The Balaban J connectivity index is 2.45. The van der Waals surface area contributed by atoms with Gasteiger partial charge in [0.2, 0.25) is 0 Å².